The Labute approximate surface area is 210 Å². The number of carbonyl (C=O) groups excluding carboxylic acids is 2. The Balaban J connectivity index is 1.33. The van der Waals surface area contributed by atoms with Crippen LogP contribution in [0.4, 0.5) is 19.0 Å². The van der Waals surface area contributed by atoms with E-state index in [9.17, 15) is 22.8 Å². The SMILES string of the molecule is N/C(=C\N(N)CCCCn1cc(NC(=O)CN2CC(F)(F)C2)nn1)C(=O)NCc1cc(Cl)ccc1F. The first-order valence-corrected chi connectivity index (χ1v) is 11.4. The molecule has 1 fully saturated rings. The number of aromatic nitrogens is 3. The first-order valence-electron chi connectivity index (χ1n) is 11.0. The lowest BCUT2D eigenvalue weighted by Crippen LogP contribution is -2.57. The molecule has 11 nitrogen and oxygen atoms in total. The van der Waals surface area contributed by atoms with Gasteiger partial charge in [-0.25, -0.2) is 19.0 Å². The molecule has 196 valence electrons. The van der Waals surface area contributed by atoms with Crippen molar-refractivity contribution in [1.29, 1.82) is 0 Å². The highest BCUT2D eigenvalue weighted by Crippen LogP contribution is 2.26. The number of aryl methyl sites for hydroxylation is 1. The number of rotatable bonds is 12. The van der Waals surface area contributed by atoms with Crippen molar-refractivity contribution in [2.45, 2.75) is 31.9 Å². The van der Waals surface area contributed by atoms with E-state index in [1.165, 1.54) is 45.2 Å². The van der Waals surface area contributed by atoms with Gasteiger partial charge in [-0.05, 0) is 31.0 Å². The smallest absolute Gasteiger partial charge is 0.272 e. The molecule has 0 unspecified atom stereocenters. The number of alkyl halides is 2. The molecule has 0 saturated carbocycles. The highest BCUT2D eigenvalue weighted by Gasteiger charge is 2.44. The van der Waals surface area contributed by atoms with Crippen LogP contribution in [0.15, 0.2) is 36.3 Å². The van der Waals surface area contributed by atoms with Crippen LogP contribution in [0.25, 0.3) is 0 Å². The summed E-state index contributed by atoms with van der Waals surface area (Å²) in [6.45, 7) is -0.213. The molecule has 1 aromatic heterocycles. The maximum absolute atomic E-state index is 13.7. The number of amides is 2. The van der Waals surface area contributed by atoms with Gasteiger partial charge < -0.3 is 21.4 Å². The van der Waals surface area contributed by atoms with Gasteiger partial charge in [0.25, 0.3) is 11.8 Å². The number of nitrogens with zero attached hydrogens (tertiary/aromatic N) is 5. The van der Waals surface area contributed by atoms with Gasteiger partial charge >= 0.3 is 0 Å². The number of nitrogens with one attached hydrogen (secondary N) is 2. The number of hydrazine groups is 1. The van der Waals surface area contributed by atoms with Crippen LogP contribution in [0.5, 0.6) is 0 Å². The molecule has 6 N–H and O–H groups in total. The van der Waals surface area contributed by atoms with Gasteiger partial charge in [0.05, 0.1) is 25.8 Å². The van der Waals surface area contributed by atoms with Crippen molar-refractivity contribution in [3.05, 3.63) is 52.7 Å². The second-order valence-electron chi connectivity index (χ2n) is 8.36. The first-order chi connectivity index (χ1) is 17.0. The monoisotopic (exact) mass is 529 g/mol. The van der Waals surface area contributed by atoms with Gasteiger partial charge in [0.1, 0.15) is 11.5 Å². The Hall–Kier alpha value is -3.36. The second-order valence-corrected chi connectivity index (χ2v) is 8.80. The normalized spacial score (nSPS) is 15.3. The summed E-state index contributed by atoms with van der Waals surface area (Å²) in [6.07, 6.45) is 4.09. The summed E-state index contributed by atoms with van der Waals surface area (Å²) in [6, 6.07) is 4.03. The fourth-order valence-corrected chi connectivity index (χ4v) is 3.59. The molecule has 0 atom stereocenters. The Bertz CT molecular complexity index is 1100. The summed E-state index contributed by atoms with van der Waals surface area (Å²) in [7, 11) is 0. The maximum Gasteiger partial charge on any atom is 0.272 e. The van der Waals surface area contributed by atoms with E-state index in [4.69, 9.17) is 23.2 Å². The van der Waals surface area contributed by atoms with Crippen molar-refractivity contribution in [3.63, 3.8) is 0 Å². The van der Waals surface area contributed by atoms with Crippen molar-refractivity contribution >= 4 is 29.2 Å². The minimum absolute atomic E-state index is 0.0844. The molecular formula is C21H27ClF3N9O2. The molecule has 15 heteroatoms. The molecule has 0 radical (unpaired) electrons. The van der Waals surface area contributed by atoms with Crippen molar-refractivity contribution in [2.75, 3.05) is 31.5 Å². The van der Waals surface area contributed by atoms with Crippen LogP contribution in [-0.4, -0.2) is 68.8 Å². The van der Waals surface area contributed by atoms with E-state index in [1.54, 1.807) is 0 Å². The second kappa shape index (κ2) is 12.1. The first kappa shape index (κ1) is 27.2. The number of unbranched alkanes of at least 4 members (excludes halogenated alkanes) is 1. The molecule has 2 heterocycles. The average molecular weight is 530 g/mol. The number of anilines is 1. The molecule has 36 heavy (non-hydrogen) atoms. The van der Waals surface area contributed by atoms with Crippen molar-refractivity contribution in [3.8, 4) is 0 Å². The highest BCUT2D eigenvalue weighted by molar-refractivity contribution is 6.30. The highest BCUT2D eigenvalue weighted by atomic mass is 35.5. The quantitative estimate of drug-likeness (QED) is 0.138. The molecule has 3 rings (SSSR count). The van der Waals surface area contributed by atoms with Crippen LogP contribution in [-0.2, 0) is 22.7 Å². The number of benzene rings is 1. The number of carbonyl (C=O) groups is 2. The summed E-state index contributed by atoms with van der Waals surface area (Å²) in [5, 5.41) is 14.4. The Morgan fingerprint density at radius 3 is 2.75 bits per heavy atom. The number of hydrogen-bond donors (Lipinski definition) is 4. The number of halogens is 4. The van der Waals surface area contributed by atoms with Crippen molar-refractivity contribution in [2.24, 2.45) is 11.6 Å². The third-order valence-corrected chi connectivity index (χ3v) is 5.39. The minimum atomic E-state index is -2.73. The minimum Gasteiger partial charge on any atom is -0.393 e. The van der Waals surface area contributed by atoms with Gasteiger partial charge in [0.2, 0.25) is 5.91 Å². The third kappa shape index (κ3) is 8.39. The van der Waals surface area contributed by atoms with E-state index in [-0.39, 0.29) is 30.2 Å². The Kier molecular flexibility index (Phi) is 9.12. The summed E-state index contributed by atoms with van der Waals surface area (Å²) in [5.41, 5.74) is 5.84. The molecule has 0 bridgehead atoms. The van der Waals surface area contributed by atoms with Gasteiger partial charge in [-0.15, -0.1) is 5.10 Å². The zero-order chi connectivity index (χ0) is 26.3. The standard InChI is InChI=1S/C21H27ClF3N9O2/c22-15-3-4-16(23)14(7-15)8-28-20(36)17(26)9-33(27)5-1-2-6-34-10-18(30-31-34)29-19(35)11-32-12-21(24,25)13-32/h3-4,7,9-10H,1-2,5-6,8,11-13,26-27H2,(H,28,36)(H,29,35)/b17-9-. The lowest BCUT2D eigenvalue weighted by molar-refractivity contribution is -0.141. The van der Waals surface area contributed by atoms with Gasteiger partial charge in [0.15, 0.2) is 5.82 Å². The van der Waals surface area contributed by atoms with E-state index in [1.807, 2.05) is 0 Å². The zero-order valence-electron chi connectivity index (χ0n) is 19.3. The van der Waals surface area contributed by atoms with Crippen LogP contribution in [0, 0.1) is 5.82 Å². The molecule has 0 spiro atoms. The van der Waals surface area contributed by atoms with Crippen LogP contribution >= 0.6 is 11.6 Å². The van der Waals surface area contributed by atoms with Crippen LogP contribution in [0.1, 0.15) is 18.4 Å². The largest absolute Gasteiger partial charge is 0.393 e. The summed E-state index contributed by atoms with van der Waals surface area (Å²) < 4.78 is 40.9. The number of hydrogen-bond acceptors (Lipinski definition) is 8. The van der Waals surface area contributed by atoms with Gasteiger partial charge in [-0.3, -0.25) is 19.2 Å². The van der Waals surface area contributed by atoms with E-state index < -0.39 is 36.6 Å². The van der Waals surface area contributed by atoms with Gasteiger partial charge in [-0.1, -0.05) is 16.8 Å². The molecule has 0 aliphatic carbocycles. The molecule has 1 saturated heterocycles. The van der Waals surface area contributed by atoms with E-state index in [0.29, 0.717) is 31.0 Å². The molecule has 2 aromatic rings. The predicted octanol–water partition coefficient (Wildman–Crippen LogP) is 1.03. The van der Waals surface area contributed by atoms with Crippen LogP contribution < -0.4 is 22.2 Å². The molecule has 2 amide bonds. The Morgan fingerprint density at radius 1 is 1.28 bits per heavy atom. The lowest BCUT2D eigenvalue weighted by Gasteiger charge is -2.37. The number of nitrogens with two attached hydrogens (primary N) is 2. The van der Waals surface area contributed by atoms with E-state index in [2.05, 4.69) is 20.9 Å². The van der Waals surface area contributed by atoms with Crippen molar-refractivity contribution in [1.82, 2.24) is 30.2 Å². The zero-order valence-corrected chi connectivity index (χ0v) is 20.0. The maximum atomic E-state index is 13.7. The van der Waals surface area contributed by atoms with Crippen LogP contribution in [0.3, 0.4) is 0 Å². The summed E-state index contributed by atoms with van der Waals surface area (Å²) >= 11 is 5.83. The van der Waals surface area contributed by atoms with Gasteiger partial charge in [0, 0.05) is 36.4 Å². The van der Waals surface area contributed by atoms with Crippen LogP contribution in [0.2, 0.25) is 5.02 Å². The van der Waals surface area contributed by atoms with E-state index in [0.717, 1.165) is 0 Å². The topological polar surface area (TPSA) is 147 Å². The summed E-state index contributed by atoms with van der Waals surface area (Å²) in [4.78, 5) is 25.3. The third-order valence-electron chi connectivity index (χ3n) is 5.15. The lowest BCUT2D eigenvalue weighted by atomic mass is 10.1. The van der Waals surface area contributed by atoms with Gasteiger partial charge in [-0.2, -0.15) is 0 Å². The molecule has 1 aromatic carbocycles. The van der Waals surface area contributed by atoms with Crippen molar-refractivity contribution < 1.29 is 22.8 Å². The molecular weight excluding hydrogens is 503 g/mol. The average Bonchev–Trinajstić information content (AvgIpc) is 3.22. The predicted molar refractivity (Wildman–Crippen MR) is 126 cm³/mol. The molecule has 1 aliphatic rings. The number of likely N-dealkylation sites (tertiary alicyclic amines) is 1. The van der Waals surface area contributed by atoms with E-state index >= 15 is 0 Å². The fraction of sp³-hybridized carbons (Fsp3) is 0.429. The molecule has 1 aliphatic heterocycles. The fourth-order valence-electron chi connectivity index (χ4n) is 3.40. The Morgan fingerprint density at radius 2 is 2.03 bits per heavy atom. The summed E-state index contributed by atoms with van der Waals surface area (Å²) in [5.74, 6) is 1.82.